The Morgan fingerprint density at radius 3 is 2.75 bits per heavy atom. The van der Waals surface area contributed by atoms with Crippen molar-refractivity contribution in [2.75, 3.05) is 6.54 Å². The van der Waals surface area contributed by atoms with Crippen molar-refractivity contribution >= 4 is 22.3 Å². The molecule has 2 saturated heterocycles. The fourth-order valence-electron chi connectivity index (χ4n) is 2.91. The minimum absolute atomic E-state index is 0.168. The van der Waals surface area contributed by atoms with E-state index in [0.29, 0.717) is 24.4 Å². The largest absolute Gasteiger partial charge is 0.418 e. The van der Waals surface area contributed by atoms with Crippen molar-refractivity contribution in [1.82, 2.24) is 20.3 Å². The van der Waals surface area contributed by atoms with Crippen molar-refractivity contribution in [1.29, 1.82) is 0 Å². The van der Waals surface area contributed by atoms with Crippen LogP contribution in [-0.2, 0) is 26.0 Å². The van der Waals surface area contributed by atoms with Crippen molar-refractivity contribution < 1.29 is 26.8 Å². The van der Waals surface area contributed by atoms with Gasteiger partial charge in [0.1, 0.15) is 6.04 Å². The molecule has 1 unspecified atom stereocenters. The first-order valence-electron chi connectivity index (χ1n) is 7.28. The monoisotopic (exact) mass is 356 g/mol. The molecule has 2 atom stereocenters. The maximum Gasteiger partial charge on any atom is 0.418 e. The van der Waals surface area contributed by atoms with Crippen LogP contribution in [0.4, 0.5) is 4.79 Å². The molecule has 2 aliphatic rings. The molecule has 3 rings (SSSR count). The summed E-state index contributed by atoms with van der Waals surface area (Å²) in [6.07, 6.45) is 4.00. The summed E-state index contributed by atoms with van der Waals surface area (Å²) in [7, 11) is -4.79. The molecule has 2 N–H and O–H groups in total. The third kappa shape index (κ3) is 3.47. The van der Waals surface area contributed by atoms with Crippen LogP contribution in [0.5, 0.6) is 0 Å². The Bertz CT molecular complexity index is 740. The van der Waals surface area contributed by atoms with Crippen LogP contribution in [0, 0.1) is 0 Å². The van der Waals surface area contributed by atoms with Crippen LogP contribution in [-0.4, -0.2) is 58.5 Å². The Hall–Kier alpha value is -2.24. The minimum atomic E-state index is -4.79. The molecule has 130 valence electrons. The van der Waals surface area contributed by atoms with Gasteiger partial charge in [0.15, 0.2) is 0 Å². The van der Waals surface area contributed by atoms with E-state index in [1.807, 2.05) is 0 Å². The van der Waals surface area contributed by atoms with Crippen LogP contribution in [0.25, 0.3) is 0 Å². The SMILES string of the molecule is O=C(NCc1ccncc1)C1CC[C@@H]2CN1C(=O)N2OS(=O)(=O)O. The van der Waals surface area contributed by atoms with Gasteiger partial charge in [-0.2, -0.15) is 13.5 Å². The second-order valence-electron chi connectivity index (χ2n) is 5.58. The Morgan fingerprint density at radius 1 is 1.38 bits per heavy atom. The molecule has 0 spiro atoms. The highest BCUT2D eigenvalue weighted by molar-refractivity contribution is 7.80. The van der Waals surface area contributed by atoms with E-state index in [1.165, 1.54) is 4.90 Å². The highest BCUT2D eigenvalue weighted by Gasteiger charge is 2.49. The van der Waals surface area contributed by atoms with Gasteiger partial charge in [-0.25, -0.2) is 4.79 Å². The van der Waals surface area contributed by atoms with Crippen molar-refractivity contribution in [3.8, 4) is 0 Å². The zero-order valence-corrected chi connectivity index (χ0v) is 13.3. The van der Waals surface area contributed by atoms with E-state index in [4.69, 9.17) is 4.55 Å². The summed E-state index contributed by atoms with van der Waals surface area (Å²) in [4.78, 5) is 29.7. The Kier molecular flexibility index (Phi) is 4.39. The first kappa shape index (κ1) is 16.6. The molecule has 24 heavy (non-hydrogen) atoms. The number of carbonyl (C=O) groups is 2. The van der Waals surface area contributed by atoms with Gasteiger partial charge in [-0.05, 0) is 30.5 Å². The number of aromatic nitrogens is 1. The smallest absolute Gasteiger partial charge is 0.350 e. The summed E-state index contributed by atoms with van der Waals surface area (Å²) in [5.74, 6) is -0.327. The lowest BCUT2D eigenvalue weighted by atomic mass is 10.0. The molecule has 0 aromatic carbocycles. The molecule has 1 aromatic rings. The van der Waals surface area contributed by atoms with Gasteiger partial charge in [-0.1, -0.05) is 0 Å². The van der Waals surface area contributed by atoms with Crippen LogP contribution < -0.4 is 5.32 Å². The van der Waals surface area contributed by atoms with Gasteiger partial charge < -0.3 is 10.2 Å². The number of piperidine rings is 1. The van der Waals surface area contributed by atoms with E-state index >= 15 is 0 Å². The summed E-state index contributed by atoms with van der Waals surface area (Å²) in [5, 5.41) is 3.36. The molecule has 1 aromatic heterocycles. The maximum atomic E-state index is 12.3. The van der Waals surface area contributed by atoms with Crippen LogP contribution >= 0.6 is 0 Å². The van der Waals surface area contributed by atoms with E-state index in [9.17, 15) is 18.0 Å². The average molecular weight is 356 g/mol. The number of urea groups is 1. The zero-order valence-electron chi connectivity index (χ0n) is 12.5. The van der Waals surface area contributed by atoms with Crippen LogP contribution in [0.3, 0.4) is 0 Å². The van der Waals surface area contributed by atoms with Crippen LogP contribution in [0.15, 0.2) is 24.5 Å². The topological polar surface area (TPSA) is 129 Å². The Labute approximate surface area is 138 Å². The number of hydrogen-bond donors (Lipinski definition) is 2. The predicted octanol–water partition coefficient (Wildman–Crippen LogP) is -0.299. The minimum Gasteiger partial charge on any atom is -0.350 e. The normalized spacial score (nSPS) is 23.5. The van der Waals surface area contributed by atoms with E-state index in [0.717, 1.165) is 5.56 Å². The lowest BCUT2D eigenvalue weighted by molar-refractivity contribution is -0.126. The van der Waals surface area contributed by atoms with Crippen molar-refractivity contribution in [2.45, 2.75) is 31.5 Å². The lowest BCUT2D eigenvalue weighted by Gasteiger charge is -2.29. The third-order valence-electron chi connectivity index (χ3n) is 4.02. The number of amides is 3. The van der Waals surface area contributed by atoms with Crippen molar-refractivity contribution in [3.05, 3.63) is 30.1 Å². The molecule has 10 nitrogen and oxygen atoms in total. The quantitative estimate of drug-likeness (QED) is 0.693. The predicted molar refractivity (Wildman–Crippen MR) is 79.5 cm³/mol. The Morgan fingerprint density at radius 2 is 2.08 bits per heavy atom. The van der Waals surface area contributed by atoms with Gasteiger partial charge >= 0.3 is 16.4 Å². The van der Waals surface area contributed by atoms with Crippen molar-refractivity contribution in [2.24, 2.45) is 0 Å². The molecule has 2 aliphatic heterocycles. The fraction of sp³-hybridized carbons (Fsp3) is 0.462. The molecular weight excluding hydrogens is 340 g/mol. The number of hydroxylamine groups is 2. The number of nitrogens with one attached hydrogen (secondary N) is 1. The van der Waals surface area contributed by atoms with Crippen LogP contribution in [0.1, 0.15) is 18.4 Å². The molecule has 0 aliphatic carbocycles. The molecule has 3 heterocycles. The molecule has 2 bridgehead atoms. The number of pyridine rings is 1. The van der Waals surface area contributed by atoms with Crippen LogP contribution in [0.2, 0.25) is 0 Å². The van der Waals surface area contributed by atoms with Gasteiger partial charge in [0.2, 0.25) is 5.91 Å². The summed E-state index contributed by atoms with van der Waals surface area (Å²) in [5.41, 5.74) is 0.871. The maximum absolute atomic E-state index is 12.3. The van der Waals surface area contributed by atoms with E-state index < -0.39 is 28.5 Å². The highest BCUT2D eigenvalue weighted by Crippen LogP contribution is 2.30. The standard InChI is InChI=1S/C13H16N4O6S/c18-12(15-7-9-3-5-14-6-4-9)11-2-1-10-8-16(11)13(19)17(10)23-24(20,21)22/h3-6,10-11H,1-2,7-8H2,(H,15,18)(H,20,21,22)/t10-,11?/m1/s1. The summed E-state index contributed by atoms with van der Waals surface area (Å²) in [6.45, 7) is 0.468. The van der Waals surface area contributed by atoms with E-state index in [-0.39, 0.29) is 12.5 Å². The van der Waals surface area contributed by atoms with Gasteiger partial charge in [-0.3, -0.25) is 14.3 Å². The average Bonchev–Trinajstić information content (AvgIpc) is 2.77. The molecule has 0 saturated carbocycles. The summed E-state index contributed by atoms with van der Waals surface area (Å²) < 4.78 is 34.7. The number of nitrogens with zero attached hydrogens (tertiary/aromatic N) is 3. The first-order chi connectivity index (χ1) is 11.3. The summed E-state index contributed by atoms with van der Waals surface area (Å²) >= 11 is 0. The zero-order chi connectivity index (χ0) is 17.3. The summed E-state index contributed by atoms with van der Waals surface area (Å²) in [6, 6.07) is 1.56. The van der Waals surface area contributed by atoms with Gasteiger partial charge in [0.25, 0.3) is 0 Å². The Balaban J connectivity index is 1.64. The molecule has 2 fully saturated rings. The van der Waals surface area contributed by atoms with E-state index in [2.05, 4.69) is 14.6 Å². The number of carbonyl (C=O) groups excluding carboxylic acids is 2. The molecule has 11 heteroatoms. The van der Waals surface area contributed by atoms with Gasteiger partial charge in [0.05, 0.1) is 6.04 Å². The number of fused-ring (bicyclic) bond motifs is 2. The second-order valence-corrected chi connectivity index (χ2v) is 6.59. The first-order valence-corrected chi connectivity index (χ1v) is 8.65. The lowest BCUT2D eigenvalue weighted by Crippen LogP contribution is -2.49. The molecule has 0 radical (unpaired) electrons. The van der Waals surface area contributed by atoms with E-state index in [1.54, 1.807) is 24.5 Å². The second kappa shape index (κ2) is 6.34. The fourth-order valence-corrected chi connectivity index (χ4v) is 3.30. The number of hydrogen-bond acceptors (Lipinski definition) is 6. The molecule has 3 amide bonds. The van der Waals surface area contributed by atoms with Gasteiger partial charge in [0, 0.05) is 25.5 Å². The van der Waals surface area contributed by atoms with Gasteiger partial charge in [-0.15, -0.1) is 4.28 Å². The molecular formula is C13H16N4O6S. The third-order valence-corrected chi connectivity index (χ3v) is 4.37. The highest BCUT2D eigenvalue weighted by atomic mass is 32.3. The number of rotatable bonds is 5. The van der Waals surface area contributed by atoms with Crippen molar-refractivity contribution in [3.63, 3.8) is 0 Å².